The monoisotopic (exact) mass is 229 g/mol. The SMILES string of the molecule is C[C@@H](Oc1ccc([N+](=O)[O-])c(F)c1)C(=O)O. The van der Waals surface area contributed by atoms with Gasteiger partial charge in [-0.25, -0.2) is 4.79 Å². The van der Waals surface area contributed by atoms with Crippen molar-refractivity contribution in [2.24, 2.45) is 0 Å². The van der Waals surface area contributed by atoms with E-state index in [1.165, 1.54) is 6.92 Å². The lowest BCUT2D eigenvalue weighted by molar-refractivity contribution is -0.387. The van der Waals surface area contributed by atoms with E-state index in [9.17, 15) is 19.3 Å². The first-order chi connectivity index (χ1) is 7.41. The summed E-state index contributed by atoms with van der Waals surface area (Å²) >= 11 is 0. The van der Waals surface area contributed by atoms with Gasteiger partial charge in [0.25, 0.3) is 0 Å². The molecule has 0 spiro atoms. The molecule has 0 saturated heterocycles. The maximum absolute atomic E-state index is 13.1. The molecule has 0 fully saturated rings. The Labute approximate surface area is 89.4 Å². The van der Waals surface area contributed by atoms with Gasteiger partial charge in [-0.3, -0.25) is 10.1 Å². The van der Waals surface area contributed by atoms with Gasteiger partial charge in [-0.05, 0) is 13.0 Å². The number of nitro benzene ring substituents is 1. The van der Waals surface area contributed by atoms with E-state index in [-0.39, 0.29) is 5.75 Å². The number of ether oxygens (including phenoxy) is 1. The van der Waals surface area contributed by atoms with Gasteiger partial charge in [0.1, 0.15) is 5.75 Å². The molecule has 7 heteroatoms. The van der Waals surface area contributed by atoms with Crippen LogP contribution in [-0.2, 0) is 4.79 Å². The predicted octanol–water partition coefficient (Wildman–Crippen LogP) is 1.59. The van der Waals surface area contributed by atoms with Gasteiger partial charge >= 0.3 is 11.7 Å². The van der Waals surface area contributed by atoms with Gasteiger partial charge in [0.2, 0.25) is 5.82 Å². The second-order valence-electron chi connectivity index (χ2n) is 2.97. The molecule has 0 saturated carbocycles. The summed E-state index contributed by atoms with van der Waals surface area (Å²) in [6, 6.07) is 2.83. The Kier molecular flexibility index (Phi) is 3.39. The van der Waals surface area contributed by atoms with Crippen molar-refractivity contribution in [3.8, 4) is 5.75 Å². The average molecular weight is 229 g/mol. The third-order valence-corrected chi connectivity index (χ3v) is 1.78. The van der Waals surface area contributed by atoms with Crippen LogP contribution in [0.25, 0.3) is 0 Å². The molecule has 0 amide bonds. The van der Waals surface area contributed by atoms with Crippen molar-refractivity contribution in [2.75, 3.05) is 0 Å². The molecule has 0 aromatic heterocycles. The number of nitrogens with zero attached hydrogens (tertiary/aromatic N) is 1. The van der Waals surface area contributed by atoms with Gasteiger partial charge in [-0.2, -0.15) is 4.39 Å². The third kappa shape index (κ3) is 2.66. The summed E-state index contributed by atoms with van der Waals surface area (Å²) in [5, 5.41) is 18.8. The quantitative estimate of drug-likeness (QED) is 0.625. The molecular weight excluding hydrogens is 221 g/mol. The number of hydrogen-bond acceptors (Lipinski definition) is 4. The van der Waals surface area contributed by atoms with Crippen molar-refractivity contribution >= 4 is 11.7 Å². The Morgan fingerprint density at radius 2 is 2.25 bits per heavy atom. The zero-order chi connectivity index (χ0) is 12.3. The fourth-order valence-corrected chi connectivity index (χ4v) is 0.964. The van der Waals surface area contributed by atoms with E-state index in [1.54, 1.807) is 0 Å². The number of carboxylic acids is 1. The summed E-state index contributed by atoms with van der Waals surface area (Å²) in [6.45, 7) is 1.27. The Morgan fingerprint density at radius 3 is 2.69 bits per heavy atom. The second-order valence-corrected chi connectivity index (χ2v) is 2.97. The maximum atomic E-state index is 13.1. The van der Waals surface area contributed by atoms with E-state index in [0.717, 1.165) is 18.2 Å². The minimum atomic E-state index is -1.21. The molecule has 0 radical (unpaired) electrons. The van der Waals surface area contributed by atoms with E-state index in [2.05, 4.69) is 0 Å². The summed E-state index contributed by atoms with van der Waals surface area (Å²) in [5.74, 6) is -2.35. The molecule has 1 N–H and O–H groups in total. The van der Waals surface area contributed by atoms with Crippen LogP contribution in [0.1, 0.15) is 6.92 Å². The molecule has 1 aromatic carbocycles. The van der Waals surface area contributed by atoms with E-state index >= 15 is 0 Å². The van der Waals surface area contributed by atoms with Gasteiger partial charge in [0.15, 0.2) is 6.10 Å². The van der Waals surface area contributed by atoms with Crippen molar-refractivity contribution in [3.63, 3.8) is 0 Å². The highest BCUT2D eigenvalue weighted by molar-refractivity contribution is 5.72. The molecule has 0 aliphatic rings. The number of carboxylic acid groups (broad SMARTS) is 1. The Balaban J connectivity index is 2.89. The molecular formula is C9H8FNO5. The van der Waals surface area contributed by atoms with Crippen LogP contribution in [0.2, 0.25) is 0 Å². The van der Waals surface area contributed by atoms with Crippen LogP contribution < -0.4 is 4.74 Å². The molecule has 86 valence electrons. The smallest absolute Gasteiger partial charge is 0.344 e. The summed E-state index contributed by atoms with van der Waals surface area (Å²) in [6.07, 6.45) is -1.15. The number of nitro groups is 1. The van der Waals surface area contributed by atoms with Crippen molar-refractivity contribution in [2.45, 2.75) is 13.0 Å². The molecule has 0 bridgehead atoms. The first-order valence-electron chi connectivity index (χ1n) is 4.25. The third-order valence-electron chi connectivity index (χ3n) is 1.78. The first kappa shape index (κ1) is 11.9. The largest absolute Gasteiger partial charge is 0.479 e. The van der Waals surface area contributed by atoms with Crippen LogP contribution in [0.15, 0.2) is 18.2 Å². The molecule has 0 aliphatic carbocycles. The van der Waals surface area contributed by atoms with E-state index in [0.29, 0.717) is 0 Å². The predicted molar refractivity (Wildman–Crippen MR) is 50.8 cm³/mol. The summed E-state index contributed by atoms with van der Waals surface area (Å²) in [5.41, 5.74) is -0.685. The van der Waals surface area contributed by atoms with Crippen molar-refractivity contribution in [3.05, 3.63) is 34.1 Å². The number of carbonyl (C=O) groups is 1. The first-order valence-corrected chi connectivity index (χ1v) is 4.25. The fourth-order valence-electron chi connectivity index (χ4n) is 0.964. The number of aliphatic carboxylic acids is 1. The summed E-state index contributed by atoms with van der Waals surface area (Å²) in [4.78, 5) is 19.9. The Bertz CT molecular complexity index is 434. The molecule has 1 rings (SSSR count). The Morgan fingerprint density at radius 1 is 1.62 bits per heavy atom. The van der Waals surface area contributed by atoms with E-state index in [4.69, 9.17) is 9.84 Å². The zero-order valence-electron chi connectivity index (χ0n) is 8.21. The van der Waals surface area contributed by atoms with Crippen LogP contribution in [0, 0.1) is 15.9 Å². The van der Waals surface area contributed by atoms with Gasteiger partial charge in [0.05, 0.1) is 4.92 Å². The average Bonchev–Trinajstić information content (AvgIpc) is 2.16. The van der Waals surface area contributed by atoms with Gasteiger partial charge in [0, 0.05) is 12.1 Å². The molecule has 1 aromatic rings. The van der Waals surface area contributed by atoms with Gasteiger partial charge < -0.3 is 9.84 Å². The van der Waals surface area contributed by atoms with Crippen molar-refractivity contribution < 1.29 is 24.0 Å². The lowest BCUT2D eigenvalue weighted by Gasteiger charge is -2.09. The maximum Gasteiger partial charge on any atom is 0.344 e. The zero-order valence-corrected chi connectivity index (χ0v) is 8.21. The Hall–Kier alpha value is -2.18. The van der Waals surface area contributed by atoms with Crippen molar-refractivity contribution in [1.82, 2.24) is 0 Å². The summed E-state index contributed by atoms with van der Waals surface area (Å²) in [7, 11) is 0. The summed E-state index contributed by atoms with van der Waals surface area (Å²) < 4.78 is 17.9. The van der Waals surface area contributed by atoms with Gasteiger partial charge in [-0.15, -0.1) is 0 Å². The van der Waals surface area contributed by atoms with Gasteiger partial charge in [-0.1, -0.05) is 0 Å². The van der Waals surface area contributed by atoms with Crippen LogP contribution in [0.3, 0.4) is 0 Å². The number of rotatable bonds is 4. The molecule has 0 unspecified atom stereocenters. The van der Waals surface area contributed by atoms with Crippen LogP contribution in [0.4, 0.5) is 10.1 Å². The van der Waals surface area contributed by atoms with Crippen LogP contribution in [0.5, 0.6) is 5.75 Å². The highest BCUT2D eigenvalue weighted by Crippen LogP contribution is 2.22. The van der Waals surface area contributed by atoms with E-state index < -0.39 is 28.5 Å². The van der Waals surface area contributed by atoms with E-state index in [1.807, 2.05) is 0 Å². The fraction of sp³-hybridized carbons (Fsp3) is 0.222. The van der Waals surface area contributed by atoms with Crippen LogP contribution >= 0.6 is 0 Å². The molecule has 1 atom stereocenters. The topological polar surface area (TPSA) is 89.7 Å². The van der Waals surface area contributed by atoms with Crippen LogP contribution in [-0.4, -0.2) is 22.1 Å². The normalized spacial score (nSPS) is 11.9. The lowest BCUT2D eigenvalue weighted by atomic mass is 10.3. The highest BCUT2D eigenvalue weighted by Gasteiger charge is 2.17. The minimum Gasteiger partial charge on any atom is -0.479 e. The molecule has 0 heterocycles. The molecule has 6 nitrogen and oxygen atoms in total. The lowest BCUT2D eigenvalue weighted by Crippen LogP contribution is -2.22. The second kappa shape index (κ2) is 4.56. The number of halogens is 1. The standard InChI is InChI=1S/C9H8FNO5/c1-5(9(12)13)16-6-2-3-8(11(14)15)7(10)4-6/h2-5H,1H3,(H,12,13)/t5-/m1/s1. The molecule has 16 heavy (non-hydrogen) atoms. The highest BCUT2D eigenvalue weighted by atomic mass is 19.1. The number of benzene rings is 1. The molecule has 0 aliphatic heterocycles. The van der Waals surface area contributed by atoms with Crippen molar-refractivity contribution in [1.29, 1.82) is 0 Å². The minimum absolute atomic E-state index is 0.0713. The number of hydrogen-bond donors (Lipinski definition) is 1.